The van der Waals surface area contributed by atoms with E-state index in [1.54, 1.807) is 23.6 Å². The molecule has 0 spiro atoms. The molecule has 0 unspecified atom stereocenters. The summed E-state index contributed by atoms with van der Waals surface area (Å²) in [6.07, 6.45) is 1.52. The van der Waals surface area contributed by atoms with Crippen LogP contribution >= 0.6 is 11.3 Å². The number of carbonyl (C=O) groups excluding carboxylic acids is 1. The molecular formula is C26H22N4O5S. The molecule has 1 aliphatic rings. The van der Waals surface area contributed by atoms with Crippen molar-refractivity contribution in [1.29, 1.82) is 5.26 Å². The third-order valence-electron chi connectivity index (χ3n) is 5.82. The van der Waals surface area contributed by atoms with Gasteiger partial charge in [0.15, 0.2) is 5.76 Å². The van der Waals surface area contributed by atoms with Crippen LogP contribution in [0.4, 0.5) is 5.69 Å². The number of carbonyl (C=O) groups is 1. The molecule has 3 aromatic heterocycles. The van der Waals surface area contributed by atoms with E-state index in [2.05, 4.69) is 21.1 Å². The lowest BCUT2D eigenvalue weighted by atomic mass is 10.0. The van der Waals surface area contributed by atoms with Crippen molar-refractivity contribution in [2.75, 3.05) is 38.3 Å². The minimum absolute atomic E-state index is 0.0465. The molecule has 1 aromatic carbocycles. The van der Waals surface area contributed by atoms with Gasteiger partial charge in [0.25, 0.3) is 0 Å². The number of methoxy groups -OCH3 is 1. The van der Waals surface area contributed by atoms with Crippen molar-refractivity contribution in [3.63, 3.8) is 0 Å². The average Bonchev–Trinajstić information content (AvgIpc) is 3.64. The van der Waals surface area contributed by atoms with Crippen molar-refractivity contribution >= 4 is 23.0 Å². The Morgan fingerprint density at radius 1 is 1.19 bits per heavy atom. The third kappa shape index (κ3) is 4.79. The highest BCUT2D eigenvalue weighted by Crippen LogP contribution is 2.34. The summed E-state index contributed by atoms with van der Waals surface area (Å²) in [7, 11) is 1.33. The SMILES string of the molecule is COC(=O)c1sccc1COc1nc(-c2ccc(N3CCOCC3)cc2)cc(-c2ccno2)c1C#N. The predicted octanol–water partition coefficient (Wildman–Crippen LogP) is 4.54. The van der Waals surface area contributed by atoms with Crippen LogP contribution in [0.2, 0.25) is 0 Å². The topological polar surface area (TPSA) is 111 Å². The van der Waals surface area contributed by atoms with Gasteiger partial charge in [0.05, 0.1) is 32.2 Å². The van der Waals surface area contributed by atoms with Gasteiger partial charge in [-0.2, -0.15) is 5.26 Å². The number of pyridine rings is 1. The monoisotopic (exact) mass is 502 g/mol. The number of esters is 1. The Morgan fingerprint density at radius 3 is 2.69 bits per heavy atom. The van der Waals surface area contributed by atoms with Gasteiger partial charge in [-0.15, -0.1) is 11.3 Å². The molecule has 0 bridgehead atoms. The first-order chi connectivity index (χ1) is 17.7. The van der Waals surface area contributed by atoms with E-state index in [1.807, 2.05) is 24.3 Å². The second kappa shape index (κ2) is 10.6. The lowest BCUT2D eigenvalue weighted by molar-refractivity contribution is 0.0603. The van der Waals surface area contributed by atoms with Gasteiger partial charge in [0.2, 0.25) is 5.88 Å². The van der Waals surface area contributed by atoms with Crippen molar-refractivity contribution in [3.8, 4) is 34.5 Å². The molecule has 0 aliphatic carbocycles. The van der Waals surface area contributed by atoms with Gasteiger partial charge in [-0.3, -0.25) is 0 Å². The second-order valence-corrected chi connectivity index (χ2v) is 8.84. The molecule has 0 amide bonds. The molecule has 36 heavy (non-hydrogen) atoms. The number of morpholine rings is 1. The van der Waals surface area contributed by atoms with Crippen molar-refractivity contribution in [3.05, 3.63) is 70.0 Å². The molecule has 1 saturated heterocycles. The first-order valence-electron chi connectivity index (χ1n) is 11.2. The summed E-state index contributed by atoms with van der Waals surface area (Å²) in [5.41, 5.74) is 3.96. The van der Waals surface area contributed by atoms with E-state index in [0.29, 0.717) is 40.7 Å². The normalized spacial score (nSPS) is 13.3. The van der Waals surface area contributed by atoms with Gasteiger partial charge in [0, 0.05) is 41.5 Å². The summed E-state index contributed by atoms with van der Waals surface area (Å²) < 4.78 is 21.7. The van der Waals surface area contributed by atoms with E-state index in [9.17, 15) is 10.1 Å². The van der Waals surface area contributed by atoms with Crippen LogP contribution in [0.15, 0.2) is 58.6 Å². The number of thiophene rings is 1. The van der Waals surface area contributed by atoms with Crippen molar-refractivity contribution in [2.24, 2.45) is 0 Å². The second-order valence-electron chi connectivity index (χ2n) is 7.93. The first kappa shape index (κ1) is 23.5. The Kier molecular flexibility index (Phi) is 6.93. The summed E-state index contributed by atoms with van der Waals surface area (Å²) in [4.78, 5) is 19.4. The Balaban J connectivity index is 1.50. The van der Waals surface area contributed by atoms with E-state index in [1.165, 1.54) is 24.6 Å². The van der Waals surface area contributed by atoms with Gasteiger partial charge in [-0.05, 0) is 29.6 Å². The Labute approximate surface area is 211 Å². The van der Waals surface area contributed by atoms with Gasteiger partial charge in [-0.25, -0.2) is 9.78 Å². The number of hydrogen-bond donors (Lipinski definition) is 0. The zero-order chi connectivity index (χ0) is 24.9. The molecule has 1 fully saturated rings. The van der Waals surface area contributed by atoms with Crippen molar-refractivity contribution < 1.29 is 23.5 Å². The average molecular weight is 503 g/mol. The van der Waals surface area contributed by atoms with Crippen LogP contribution in [0.1, 0.15) is 20.8 Å². The minimum Gasteiger partial charge on any atom is -0.472 e. The maximum absolute atomic E-state index is 12.1. The van der Waals surface area contributed by atoms with Crippen LogP contribution in [0.5, 0.6) is 5.88 Å². The summed E-state index contributed by atoms with van der Waals surface area (Å²) in [5, 5.41) is 15.5. The zero-order valence-corrected chi connectivity index (χ0v) is 20.3. The third-order valence-corrected chi connectivity index (χ3v) is 6.76. The van der Waals surface area contributed by atoms with E-state index < -0.39 is 5.97 Å². The molecule has 1 aliphatic heterocycles. The van der Waals surface area contributed by atoms with E-state index in [0.717, 1.165) is 24.3 Å². The van der Waals surface area contributed by atoms with Crippen molar-refractivity contribution in [2.45, 2.75) is 6.61 Å². The predicted molar refractivity (Wildman–Crippen MR) is 133 cm³/mol. The van der Waals surface area contributed by atoms with E-state index >= 15 is 0 Å². The summed E-state index contributed by atoms with van der Waals surface area (Å²) in [5.74, 6) is 0.130. The molecule has 9 nitrogen and oxygen atoms in total. The standard InChI is InChI=1S/C26H22N4O5S/c1-32-26(31)24-18(7-13-36-24)16-34-25-21(15-27)20(23-6-8-28-35-23)14-22(29-25)17-2-4-19(5-3-17)30-9-11-33-12-10-30/h2-8,13-14H,9-12,16H2,1H3. The molecule has 4 aromatic rings. The molecule has 182 valence electrons. The van der Waals surface area contributed by atoms with Gasteiger partial charge in [-0.1, -0.05) is 17.3 Å². The molecular weight excluding hydrogens is 480 g/mol. The molecule has 0 radical (unpaired) electrons. The van der Waals surface area contributed by atoms with Gasteiger partial charge < -0.3 is 23.6 Å². The fraction of sp³-hybridized carbons (Fsp3) is 0.231. The lowest BCUT2D eigenvalue weighted by Crippen LogP contribution is -2.36. The van der Waals surface area contributed by atoms with E-state index in [-0.39, 0.29) is 18.1 Å². The molecule has 0 atom stereocenters. The smallest absolute Gasteiger partial charge is 0.348 e. The van der Waals surface area contributed by atoms with Crippen LogP contribution in [0.25, 0.3) is 22.6 Å². The highest BCUT2D eigenvalue weighted by molar-refractivity contribution is 7.12. The van der Waals surface area contributed by atoms with Gasteiger partial charge >= 0.3 is 5.97 Å². The fourth-order valence-electron chi connectivity index (χ4n) is 3.96. The number of benzene rings is 1. The quantitative estimate of drug-likeness (QED) is 0.336. The zero-order valence-electron chi connectivity index (χ0n) is 19.5. The van der Waals surface area contributed by atoms with Gasteiger partial charge in [0.1, 0.15) is 23.1 Å². The van der Waals surface area contributed by atoms with Crippen LogP contribution < -0.4 is 9.64 Å². The molecule has 4 heterocycles. The number of aromatic nitrogens is 2. The largest absolute Gasteiger partial charge is 0.472 e. The number of ether oxygens (including phenoxy) is 3. The van der Waals surface area contributed by atoms with Crippen LogP contribution in [-0.2, 0) is 16.1 Å². The number of rotatable bonds is 7. The number of nitriles is 1. The Morgan fingerprint density at radius 2 is 2.00 bits per heavy atom. The minimum atomic E-state index is -0.437. The van der Waals surface area contributed by atoms with Crippen LogP contribution in [0, 0.1) is 11.3 Å². The highest BCUT2D eigenvalue weighted by atomic mass is 32.1. The van der Waals surface area contributed by atoms with Crippen molar-refractivity contribution in [1.82, 2.24) is 10.1 Å². The maximum atomic E-state index is 12.1. The Hall–Kier alpha value is -4.20. The highest BCUT2D eigenvalue weighted by Gasteiger charge is 2.21. The number of nitrogens with zero attached hydrogens (tertiary/aromatic N) is 4. The van der Waals surface area contributed by atoms with E-state index in [4.69, 9.17) is 18.7 Å². The summed E-state index contributed by atoms with van der Waals surface area (Å²) in [6.45, 7) is 3.16. The first-order valence-corrected chi connectivity index (χ1v) is 12.1. The molecule has 10 heteroatoms. The molecule has 5 rings (SSSR count). The maximum Gasteiger partial charge on any atom is 0.348 e. The summed E-state index contributed by atoms with van der Waals surface area (Å²) in [6, 6.07) is 15.5. The Bertz CT molecular complexity index is 1390. The number of hydrogen-bond acceptors (Lipinski definition) is 10. The lowest BCUT2D eigenvalue weighted by Gasteiger charge is -2.28. The van der Waals surface area contributed by atoms with Crippen LogP contribution in [0.3, 0.4) is 0 Å². The fourth-order valence-corrected chi connectivity index (χ4v) is 4.79. The molecule has 0 N–H and O–H groups in total. The molecule has 0 saturated carbocycles. The number of anilines is 1. The van der Waals surface area contributed by atoms with Crippen LogP contribution in [-0.4, -0.2) is 49.5 Å². The summed E-state index contributed by atoms with van der Waals surface area (Å²) >= 11 is 1.27.